The van der Waals surface area contributed by atoms with Crippen molar-refractivity contribution in [3.05, 3.63) is 95.0 Å². The van der Waals surface area contributed by atoms with Crippen LogP contribution in [0.1, 0.15) is 36.0 Å². The molecule has 152 valence electrons. The minimum Gasteiger partial charge on any atom is -0.458 e. The number of esters is 1. The number of hydrogen-bond acceptors (Lipinski definition) is 4. The smallest absolute Gasteiger partial charge is 0.336 e. The summed E-state index contributed by atoms with van der Waals surface area (Å²) in [5.41, 5.74) is 2.18. The van der Waals surface area contributed by atoms with Crippen LogP contribution < -0.4 is 0 Å². The number of benzene rings is 2. The number of nitrogens with zero attached hydrogens (tertiary/aromatic N) is 2. The van der Waals surface area contributed by atoms with Gasteiger partial charge in [0, 0.05) is 18.0 Å². The van der Waals surface area contributed by atoms with Crippen molar-refractivity contribution < 1.29 is 18.7 Å². The van der Waals surface area contributed by atoms with Crippen molar-refractivity contribution in [2.45, 2.75) is 25.8 Å². The largest absolute Gasteiger partial charge is 0.458 e. The molecule has 5 nitrogen and oxygen atoms in total. The summed E-state index contributed by atoms with van der Waals surface area (Å²) in [5.74, 6) is -2.06. The molecule has 6 heteroatoms. The van der Waals surface area contributed by atoms with Gasteiger partial charge in [-0.3, -0.25) is 4.79 Å². The van der Waals surface area contributed by atoms with Gasteiger partial charge in [-0.05, 0) is 36.2 Å². The number of carbonyl (C=O) groups excluding carboxylic acids is 2. The molecule has 0 saturated carbocycles. The van der Waals surface area contributed by atoms with Gasteiger partial charge in [-0.1, -0.05) is 43.0 Å². The molecular formula is C24H21FN2O3. The van der Waals surface area contributed by atoms with Gasteiger partial charge in [0.2, 0.25) is 5.91 Å². The summed E-state index contributed by atoms with van der Waals surface area (Å²) in [4.78, 5) is 27.3. The Morgan fingerprint density at radius 1 is 1.33 bits per heavy atom. The molecule has 3 rings (SSSR count). The van der Waals surface area contributed by atoms with Crippen LogP contribution in [-0.4, -0.2) is 23.4 Å². The van der Waals surface area contributed by atoms with Crippen LogP contribution in [0.15, 0.2) is 72.5 Å². The lowest BCUT2D eigenvalue weighted by Gasteiger charge is -2.34. The molecule has 2 aromatic rings. The van der Waals surface area contributed by atoms with E-state index in [1.165, 1.54) is 17.0 Å². The molecule has 0 radical (unpaired) electrons. The fourth-order valence-electron chi connectivity index (χ4n) is 3.63. The number of nitriles is 1. The van der Waals surface area contributed by atoms with E-state index in [0.29, 0.717) is 11.3 Å². The van der Waals surface area contributed by atoms with E-state index in [1.54, 1.807) is 49.4 Å². The molecule has 1 heterocycles. The molecule has 1 unspecified atom stereocenters. The van der Waals surface area contributed by atoms with Gasteiger partial charge >= 0.3 is 5.97 Å². The Balaban J connectivity index is 2.05. The SMILES string of the molecule is C=CCOC(=O)C1=C(C)N(Cc2cccc(C#N)c2)C(=O)CC1c1ccccc1F. The molecule has 0 aliphatic carbocycles. The Hall–Kier alpha value is -3.72. The van der Waals surface area contributed by atoms with Crippen molar-refractivity contribution in [1.82, 2.24) is 4.90 Å². The van der Waals surface area contributed by atoms with E-state index in [1.807, 2.05) is 0 Å². The van der Waals surface area contributed by atoms with Crippen molar-refractivity contribution in [2.75, 3.05) is 6.61 Å². The maximum Gasteiger partial charge on any atom is 0.336 e. The Bertz CT molecular complexity index is 1070. The van der Waals surface area contributed by atoms with Crippen molar-refractivity contribution in [1.29, 1.82) is 5.26 Å². The fourth-order valence-corrected chi connectivity index (χ4v) is 3.63. The topological polar surface area (TPSA) is 70.4 Å². The maximum atomic E-state index is 14.5. The number of rotatable bonds is 6. The summed E-state index contributed by atoms with van der Waals surface area (Å²) in [7, 11) is 0. The van der Waals surface area contributed by atoms with Gasteiger partial charge in [0.1, 0.15) is 12.4 Å². The van der Waals surface area contributed by atoms with Crippen molar-refractivity contribution in [3.63, 3.8) is 0 Å². The van der Waals surface area contributed by atoms with Crippen LogP contribution in [0.3, 0.4) is 0 Å². The van der Waals surface area contributed by atoms with E-state index in [4.69, 9.17) is 10.00 Å². The third kappa shape index (κ3) is 4.31. The maximum absolute atomic E-state index is 14.5. The quantitative estimate of drug-likeness (QED) is 0.534. The van der Waals surface area contributed by atoms with Crippen LogP contribution in [0.5, 0.6) is 0 Å². The molecule has 0 aromatic heterocycles. The standard InChI is InChI=1S/C24H21FN2O3/c1-3-11-30-24(29)23-16(2)27(15-18-8-6-7-17(12-18)14-26)22(28)13-20(23)19-9-4-5-10-21(19)25/h3-10,12,20H,1,11,13,15H2,2H3. The monoisotopic (exact) mass is 404 g/mol. The van der Waals surface area contributed by atoms with Gasteiger partial charge in [0.25, 0.3) is 0 Å². The van der Waals surface area contributed by atoms with Crippen LogP contribution in [0.25, 0.3) is 0 Å². The zero-order valence-electron chi connectivity index (χ0n) is 16.6. The van der Waals surface area contributed by atoms with E-state index < -0.39 is 17.7 Å². The zero-order valence-corrected chi connectivity index (χ0v) is 16.6. The van der Waals surface area contributed by atoms with Crippen LogP contribution in [0.2, 0.25) is 0 Å². The third-order valence-electron chi connectivity index (χ3n) is 5.05. The van der Waals surface area contributed by atoms with E-state index in [0.717, 1.165) is 5.56 Å². The molecule has 30 heavy (non-hydrogen) atoms. The molecule has 2 aromatic carbocycles. The Kier molecular flexibility index (Phi) is 6.43. The second kappa shape index (κ2) is 9.19. The van der Waals surface area contributed by atoms with Gasteiger partial charge in [0.15, 0.2) is 0 Å². The van der Waals surface area contributed by atoms with Gasteiger partial charge < -0.3 is 9.64 Å². The molecule has 1 amide bonds. The summed E-state index contributed by atoms with van der Waals surface area (Å²) in [6.07, 6.45) is 1.39. The highest BCUT2D eigenvalue weighted by Crippen LogP contribution is 2.38. The highest BCUT2D eigenvalue weighted by molar-refractivity contribution is 5.96. The lowest BCUT2D eigenvalue weighted by Crippen LogP contribution is -2.38. The number of ether oxygens (including phenoxy) is 1. The van der Waals surface area contributed by atoms with Crippen LogP contribution in [0.4, 0.5) is 4.39 Å². The van der Waals surface area contributed by atoms with Gasteiger partial charge in [-0.15, -0.1) is 0 Å². The average Bonchev–Trinajstić information content (AvgIpc) is 2.75. The first-order valence-electron chi connectivity index (χ1n) is 9.48. The third-order valence-corrected chi connectivity index (χ3v) is 5.05. The van der Waals surface area contributed by atoms with Crippen LogP contribution in [-0.2, 0) is 20.9 Å². The van der Waals surface area contributed by atoms with Crippen molar-refractivity contribution in [3.8, 4) is 6.07 Å². The molecule has 0 N–H and O–H groups in total. The van der Waals surface area contributed by atoms with Gasteiger partial charge in [0.05, 0.1) is 23.8 Å². The van der Waals surface area contributed by atoms with E-state index >= 15 is 0 Å². The van der Waals surface area contributed by atoms with Gasteiger partial charge in [-0.2, -0.15) is 5.26 Å². The lowest BCUT2D eigenvalue weighted by molar-refractivity contribution is -0.139. The van der Waals surface area contributed by atoms with E-state index in [-0.39, 0.29) is 36.6 Å². The Morgan fingerprint density at radius 3 is 2.80 bits per heavy atom. The number of amides is 1. The van der Waals surface area contributed by atoms with E-state index in [9.17, 15) is 14.0 Å². The fraction of sp³-hybridized carbons (Fsp3) is 0.208. The Labute approximate surface area is 174 Å². The second-order valence-electron chi connectivity index (χ2n) is 6.96. The highest BCUT2D eigenvalue weighted by atomic mass is 19.1. The number of carbonyl (C=O) groups is 2. The van der Waals surface area contributed by atoms with E-state index in [2.05, 4.69) is 12.6 Å². The summed E-state index contributed by atoms with van der Waals surface area (Å²) < 4.78 is 19.7. The van der Waals surface area contributed by atoms with Gasteiger partial charge in [-0.25, -0.2) is 9.18 Å². The zero-order chi connectivity index (χ0) is 21.7. The molecular weight excluding hydrogens is 383 g/mol. The minimum absolute atomic E-state index is 0.0117. The Morgan fingerprint density at radius 2 is 2.10 bits per heavy atom. The number of halogens is 1. The van der Waals surface area contributed by atoms with Crippen LogP contribution in [0, 0.1) is 17.1 Å². The van der Waals surface area contributed by atoms with Crippen molar-refractivity contribution in [2.24, 2.45) is 0 Å². The second-order valence-corrected chi connectivity index (χ2v) is 6.96. The minimum atomic E-state index is -0.738. The predicted molar refractivity (Wildman–Crippen MR) is 109 cm³/mol. The lowest BCUT2D eigenvalue weighted by atomic mass is 9.83. The molecule has 0 bridgehead atoms. The van der Waals surface area contributed by atoms with Crippen molar-refractivity contribution >= 4 is 11.9 Å². The molecule has 1 atom stereocenters. The first-order chi connectivity index (χ1) is 14.5. The normalized spacial score (nSPS) is 16.2. The molecule has 0 saturated heterocycles. The molecule has 1 aliphatic heterocycles. The molecule has 0 spiro atoms. The average molecular weight is 404 g/mol. The highest BCUT2D eigenvalue weighted by Gasteiger charge is 2.37. The molecule has 1 aliphatic rings. The summed E-state index contributed by atoms with van der Waals surface area (Å²) >= 11 is 0. The number of allylic oxidation sites excluding steroid dienone is 1. The summed E-state index contributed by atoms with van der Waals surface area (Å²) in [6, 6.07) is 15.1. The number of hydrogen-bond donors (Lipinski definition) is 0. The van der Waals surface area contributed by atoms with Crippen LogP contribution >= 0.6 is 0 Å². The molecule has 0 fully saturated rings. The summed E-state index contributed by atoms with van der Waals surface area (Å²) in [5, 5.41) is 9.11. The summed E-state index contributed by atoms with van der Waals surface area (Å²) in [6.45, 7) is 5.41. The first-order valence-corrected chi connectivity index (χ1v) is 9.48. The predicted octanol–water partition coefficient (Wildman–Crippen LogP) is 4.22. The first kappa shape index (κ1) is 21.0.